The average molecular weight is 410 g/mol. The normalized spacial score (nSPS) is 26.3. The van der Waals surface area contributed by atoms with Crippen LogP contribution in [0.1, 0.15) is 17.0 Å². The van der Waals surface area contributed by atoms with Crippen molar-refractivity contribution < 1.29 is 13.5 Å². The summed E-state index contributed by atoms with van der Waals surface area (Å²) in [7, 11) is -3.57. The molecule has 0 bridgehead atoms. The van der Waals surface area contributed by atoms with Crippen molar-refractivity contribution in [2.45, 2.75) is 23.0 Å². The molecule has 0 radical (unpaired) electrons. The smallest absolute Gasteiger partial charge is 0.182 e. The van der Waals surface area contributed by atoms with Gasteiger partial charge in [0, 0.05) is 22.4 Å². The molecule has 0 aliphatic heterocycles. The SMILES string of the molecule is Cc1ccc(S(=O)(=O)C2C(c3ccc(Br)cc3)C2(CN)CO)cc1. The first-order valence-electron chi connectivity index (χ1n) is 7.74. The third-order valence-electron chi connectivity index (χ3n) is 4.97. The van der Waals surface area contributed by atoms with Gasteiger partial charge in [0.05, 0.1) is 16.8 Å². The average Bonchev–Trinajstić information content (AvgIpc) is 3.26. The molecule has 24 heavy (non-hydrogen) atoms. The molecule has 1 saturated carbocycles. The highest BCUT2D eigenvalue weighted by atomic mass is 79.9. The Bertz CT molecular complexity index is 828. The highest BCUT2D eigenvalue weighted by Crippen LogP contribution is 2.63. The molecule has 3 atom stereocenters. The first-order chi connectivity index (χ1) is 11.4. The summed E-state index contributed by atoms with van der Waals surface area (Å²) in [6.07, 6.45) is 0. The van der Waals surface area contributed by atoms with Gasteiger partial charge in [-0.15, -0.1) is 0 Å². The molecule has 6 heteroatoms. The number of halogens is 1. The number of aliphatic hydroxyl groups is 1. The van der Waals surface area contributed by atoms with Gasteiger partial charge in [0.2, 0.25) is 0 Å². The fraction of sp³-hybridized carbons (Fsp3) is 0.333. The monoisotopic (exact) mass is 409 g/mol. The van der Waals surface area contributed by atoms with Crippen molar-refractivity contribution in [1.82, 2.24) is 0 Å². The van der Waals surface area contributed by atoms with E-state index >= 15 is 0 Å². The summed E-state index contributed by atoms with van der Waals surface area (Å²) in [6, 6.07) is 14.4. The van der Waals surface area contributed by atoms with Crippen molar-refractivity contribution in [2.24, 2.45) is 11.1 Å². The van der Waals surface area contributed by atoms with Gasteiger partial charge >= 0.3 is 0 Å². The van der Waals surface area contributed by atoms with Gasteiger partial charge in [0.25, 0.3) is 0 Å². The standard InChI is InChI=1S/C18H20BrNO3S/c1-12-2-8-15(9-3-12)24(22,23)17-16(18(17,10-20)11-21)13-4-6-14(19)7-5-13/h2-9,16-17,21H,10-11,20H2,1H3. The van der Waals surface area contributed by atoms with Crippen molar-refractivity contribution >= 4 is 25.8 Å². The maximum Gasteiger partial charge on any atom is 0.182 e. The molecule has 2 aromatic rings. The maximum atomic E-state index is 13.1. The van der Waals surface area contributed by atoms with Crippen LogP contribution in [0.5, 0.6) is 0 Å². The predicted octanol–water partition coefficient (Wildman–Crippen LogP) is 2.63. The Morgan fingerprint density at radius 1 is 1.12 bits per heavy atom. The van der Waals surface area contributed by atoms with Gasteiger partial charge in [0.15, 0.2) is 9.84 Å². The van der Waals surface area contributed by atoms with Crippen LogP contribution in [0.3, 0.4) is 0 Å². The zero-order chi connectivity index (χ0) is 17.5. The van der Waals surface area contributed by atoms with Gasteiger partial charge in [-0.3, -0.25) is 0 Å². The Kier molecular flexibility index (Phi) is 4.59. The molecule has 3 rings (SSSR count). The summed E-state index contributed by atoms with van der Waals surface area (Å²) in [6.45, 7) is 1.79. The third kappa shape index (κ3) is 2.71. The van der Waals surface area contributed by atoms with Crippen LogP contribution in [0.2, 0.25) is 0 Å². The lowest BCUT2D eigenvalue weighted by Crippen LogP contribution is -2.27. The van der Waals surface area contributed by atoms with E-state index in [1.807, 2.05) is 31.2 Å². The highest BCUT2D eigenvalue weighted by molar-refractivity contribution is 9.10. The Balaban J connectivity index is 2.04. The summed E-state index contributed by atoms with van der Waals surface area (Å²) in [5.74, 6) is -0.299. The fourth-order valence-corrected chi connectivity index (χ4v) is 6.21. The number of aryl methyl sites for hydroxylation is 1. The van der Waals surface area contributed by atoms with Gasteiger partial charge < -0.3 is 10.8 Å². The molecule has 128 valence electrons. The molecule has 0 amide bonds. The summed E-state index contributed by atoms with van der Waals surface area (Å²) in [5, 5.41) is 9.21. The second kappa shape index (κ2) is 6.26. The molecule has 1 aliphatic rings. The van der Waals surface area contributed by atoms with Crippen LogP contribution in [-0.4, -0.2) is 31.9 Å². The Morgan fingerprint density at radius 3 is 2.21 bits per heavy atom. The van der Waals surface area contributed by atoms with Crippen LogP contribution < -0.4 is 5.73 Å². The lowest BCUT2D eigenvalue weighted by atomic mass is 10.0. The molecule has 0 saturated heterocycles. The zero-order valence-electron chi connectivity index (χ0n) is 13.3. The molecule has 0 spiro atoms. The number of hydrogen-bond donors (Lipinski definition) is 2. The fourth-order valence-electron chi connectivity index (χ4n) is 3.49. The van der Waals surface area contributed by atoms with E-state index in [1.54, 1.807) is 24.3 Å². The first kappa shape index (κ1) is 17.6. The minimum absolute atomic E-state index is 0.125. The van der Waals surface area contributed by atoms with Crippen molar-refractivity contribution in [3.63, 3.8) is 0 Å². The Labute approximate surface area is 150 Å². The van der Waals surface area contributed by atoms with Crippen molar-refractivity contribution in [2.75, 3.05) is 13.2 Å². The first-order valence-corrected chi connectivity index (χ1v) is 10.1. The summed E-state index contributed by atoms with van der Waals surface area (Å²) >= 11 is 3.38. The summed E-state index contributed by atoms with van der Waals surface area (Å²) < 4.78 is 27.2. The number of rotatable bonds is 5. The van der Waals surface area contributed by atoms with Gasteiger partial charge in [0.1, 0.15) is 0 Å². The van der Waals surface area contributed by atoms with Gasteiger partial charge in [-0.2, -0.15) is 0 Å². The van der Waals surface area contributed by atoms with E-state index in [2.05, 4.69) is 15.9 Å². The van der Waals surface area contributed by atoms with E-state index in [-0.39, 0.29) is 24.0 Å². The molecule has 4 nitrogen and oxygen atoms in total. The van der Waals surface area contributed by atoms with Gasteiger partial charge in [-0.05, 0) is 36.8 Å². The van der Waals surface area contributed by atoms with E-state index in [9.17, 15) is 13.5 Å². The molecule has 0 heterocycles. The van der Waals surface area contributed by atoms with E-state index in [4.69, 9.17) is 5.73 Å². The largest absolute Gasteiger partial charge is 0.396 e. The van der Waals surface area contributed by atoms with Crippen molar-refractivity contribution in [3.8, 4) is 0 Å². The quantitative estimate of drug-likeness (QED) is 0.794. The van der Waals surface area contributed by atoms with Crippen LogP contribution in [0.25, 0.3) is 0 Å². The van der Waals surface area contributed by atoms with Gasteiger partial charge in [-0.25, -0.2) is 8.42 Å². The molecule has 3 unspecified atom stereocenters. The molecule has 3 N–H and O–H groups in total. The second-order valence-electron chi connectivity index (χ2n) is 6.40. The van der Waals surface area contributed by atoms with E-state index in [0.717, 1.165) is 15.6 Å². The van der Waals surface area contributed by atoms with E-state index in [1.165, 1.54) is 0 Å². The van der Waals surface area contributed by atoms with Crippen LogP contribution in [0.15, 0.2) is 57.9 Å². The minimum atomic E-state index is -3.57. The maximum absolute atomic E-state index is 13.1. The molecule has 0 aromatic heterocycles. The number of aliphatic hydroxyl groups excluding tert-OH is 1. The van der Waals surface area contributed by atoms with Crippen LogP contribution >= 0.6 is 15.9 Å². The lowest BCUT2D eigenvalue weighted by Gasteiger charge is -2.12. The number of nitrogens with two attached hydrogens (primary N) is 1. The van der Waals surface area contributed by atoms with Crippen LogP contribution in [-0.2, 0) is 9.84 Å². The van der Waals surface area contributed by atoms with Crippen LogP contribution in [0.4, 0.5) is 0 Å². The minimum Gasteiger partial charge on any atom is -0.396 e. The Hall–Kier alpha value is -1.21. The van der Waals surface area contributed by atoms with Crippen molar-refractivity contribution in [3.05, 3.63) is 64.1 Å². The number of sulfone groups is 1. The van der Waals surface area contributed by atoms with Crippen LogP contribution in [0, 0.1) is 12.3 Å². The third-order valence-corrected chi connectivity index (χ3v) is 7.84. The summed E-state index contributed by atoms with van der Waals surface area (Å²) in [4.78, 5) is 0.281. The predicted molar refractivity (Wildman–Crippen MR) is 97.6 cm³/mol. The van der Waals surface area contributed by atoms with E-state index < -0.39 is 20.5 Å². The molecule has 1 aliphatic carbocycles. The summed E-state index contributed by atoms with van der Waals surface area (Å²) in [5.41, 5.74) is 6.96. The lowest BCUT2D eigenvalue weighted by molar-refractivity contribution is 0.212. The second-order valence-corrected chi connectivity index (χ2v) is 9.39. The van der Waals surface area contributed by atoms with E-state index in [0.29, 0.717) is 0 Å². The topological polar surface area (TPSA) is 80.4 Å². The highest BCUT2D eigenvalue weighted by Gasteiger charge is 2.70. The Morgan fingerprint density at radius 2 is 1.71 bits per heavy atom. The molecular weight excluding hydrogens is 390 g/mol. The zero-order valence-corrected chi connectivity index (χ0v) is 15.7. The molecule has 2 aromatic carbocycles. The number of benzene rings is 2. The molecule has 1 fully saturated rings. The number of hydrogen-bond acceptors (Lipinski definition) is 4. The van der Waals surface area contributed by atoms with Gasteiger partial charge in [-0.1, -0.05) is 45.8 Å². The van der Waals surface area contributed by atoms with Crippen molar-refractivity contribution in [1.29, 1.82) is 0 Å². The molecular formula is C18H20BrNO3S.